The van der Waals surface area contributed by atoms with Crippen LogP contribution in [0.25, 0.3) is 0 Å². The Morgan fingerprint density at radius 1 is 1.21 bits per heavy atom. The van der Waals surface area contributed by atoms with Crippen molar-refractivity contribution >= 4 is 28.2 Å². The van der Waals surface area contributed by atoms with Crippen LogP contribution in [0.1, 0.15) is 63.2 Å². The van der Waals surface area contributed by atoms with Gasteiger partial charge in [0.1, 0.15) is 5.54 Å². The van der Waals surface area contributed by atoms with Crippen LogP contribution in [0.5, 0.6) is 0 Å². The third-order valence-electron chi connectivity index (χ3n) is 4.87. The molecule has 0 aliphatic heterocycles. The number of furan rings is 1. The summed E-state index contributed by atoms with van der Waals surface area (Å²) in [7, 11) is 0. The van der Waals surface area contributed by atoms with Crippen LogP contribution in [-0.4, -0.2) is 22.0 Å². The first-order valence-corrected chi connectivity index (χ1v) is 9.87. The van der Waals surface area contributed by atoms with Gasteiger partial charge in [0.05, 0.1) is 16.1 Å². The lowest BCUT2D eigenvalue weighted by Gasteiger charge is -2.26. The van der Waals surface area contributed by atoms with Crippen molar-refractivity contribution in [3.63, 3.8) is 0 Å². The molecular weight excluding hydrogens is 380 g/mol. The number of aryl methyl sites for hydroxylation is 2. The van der Waals surface area contributed by atoms with Crippen molar-refractivity contribution in [2.45, 2.75) is 45.1 Å². The van der Waals surface area contributed by atoms with E-state index in [1.165, 1.54) is 17.6 Å². The van der Waals surface area contributed by atoms with Crippen LogP contribution in [0.4, 0.5) is 5.00 Å². The van der Waals surface area contributed by atoms with Crippen LogP contribution in [0.3, 0.4) is 0 Å². The maximum atomic E-state index is 13.0. The molecule has 2 amide bonds. The molecule has 0 radical (unpaired) electrons. The van der Waals surface area contributed by atoms with Gasteiger partial charge in [-0.05, 0) is 43.5 Å². The molecule has 9 heteroatoms. The Hall–Kier alpha value is -2.94. The average molecular weight is 400 g/mol. The van der Waals surface area contributed by atoms with Gasteiger partial charge in [0.15, 0.2) is 11.6 Å². The number of aromatic nitrogens is 2. The van der Waals surface area contributed by atoms with Crippen molar-refractivity contribution in [1.29, 1.82) is 0 Å². The number of anilines is 1. The Balaban J connectivity index is 1.53. The van der Waals surface area contributed by atoms with E-state index < -0.39 is 5.54 Å². The normalized spacial score (nSPS) is 15.5. The van der Waals surface area contributed by atoms with Gasteiger partial charge in [-0.1, -0.05) is 18.0 Å². The standard InChI is InChI=1S/C19H20N4O4S/c1-11-10-14(21-16(24)13-6-5-9-26-13)28-15(11)17(25)22-19(7-3-4-8-19)18-20-12(2)27-23-18/h5-6,9-10H,3-4,7-8H2,1-2H3,(H,21,24)(H,22,25). The summed E-state index contributed by atoms with van der Waals surface area (Å²) < 4.78 is 10.2. The Labute approximate surface area is 165 Å². The summed E-state index contributed by atoms with van der Waals surface area (Å²) >= 11 is 1.23. The predicted molar refractivity (Wildman–Crippen MR) is 102 cm³/mol. The highest BCUT2D eigenvalue weighted by Gasteiger charge is 2.41. The first kappa shape index (κ1) is 18.4. The molecule has 1 saturated carbocycles. The highest BCUT2D eigenvalue weighted by atomic mass is 32.1. The van der Waals surface area contributed by atoms with Gasteiger partial charge in [0.25, 0.3) is 11.8 Å². The Bertz CT molecular complexity index is 999. The fourth-order valence-corrected chi connectivity index (χ4v) is 4.46. The second-order valence-electron chi connectivity index (χ2n) is 6.93. The number of hydrogen-bond acceptors (Lipinski definition) is 7. The molecule has 2 N–H and O–H groups in total. The molecule has 146 valence electrons. The van der Waals surface area contributed by atoms with Gasteiger partial charge < -0.3 is 19.6 Å². The molecule has 0 aromatic carbocycles. The van der Waals surface area contributed by atoms with E-state index in [2.05, 4.69) is 20.8 Å². The maximum absolute atomic E-state index is 13.0. The van der Waals surface area contributed by atoms with Gasteiger partial charge in [-0.2, -0.15) is 4.98 Å². The molecule has 28 heavy (non-hydrogen) atoms. The van der Waals surface area contributed by atoms with Gasteiger partial charge in [0.2, 0.25) is 5.89 Å². The lowest BCUT2D eigenvalue weighted by atomic mass is 9.96. The first-order chi connectivity index (χ1) is 13.5. The molecular formula is C19H20N4O4S. The minimum Gasteiger partial charge on any atom is -0.459 e. The summed E-state index contributed by atoms with van der Waals surface area (Å²) in [6, 6.07) is 5.01. The largest absolute Gasteiger partial charge is 0.459 e. The molecule has 8 nitrogen and oxygen atoms in total. The van der Waals surface area contributed by atoms with E-state index in [0.717, 1.165) is 31.2 Å². The third-order valence-corrected chi connectivity index (χ3v) is 6.02. The summed E-state index contributed by atoms with van der Waals surface area (Å²) in [5, 5.41) is 10.5. The summed E-state index contributed by atoms with van der Waals surface area (Å²) in [4.78, 5) is 30.1. The van der Waals surface area contributed by atoms with Crippen LogP contribution >= 0.6 is 11.3 Å². The summed E-state index contributed by atoms with van der Waals surface area (Å²) in [5.74, 6) is 0.662. The van der Waals surface area contributed by atoms with E-state index in [1.807, 2.05) is 6.92 Å². The highest BCUT2D eigenvalue weighted by molar-refractivity contribution is 7.18. The number of hydrogen-bond donors (Lipinski definition) is 2. The molecule has 0 bridgehead atoms. The maximum Gasteiger partial charge on any atom is 0.291 e. The summed E-state index contributed by atoms with van der Waals surface area (Å²) in [6.45, 7) is 3.58. The summed E-state index contributed by atoms with van der Waals surface area (Å²) in [6.07, 6.45) is 4.95. The molecule has 1 aliphatic carbocycles. The molecule has 3 aromatic heterocycles. The molecule has 0 saturated heterocycles. The fraction of sp³-hybridized carbons (Fsp3) is 0.368. The van der Waals surface area contributed by atoms with Gasteiger partial charge in [-0.25, -0.2) is 0 Å². The molecule has 4 rings (SSSR count). The van der Waals surface area contributed by atoms with Crippen LogP contribution in [0.2, 0.25) is 0 Å². The molecule has 0 atom stereocenters. The number of thiophene rings is 1. The topological polar surface area (TPSA) is 110 Å². The number of carbonyl (C=O) groups excluding carboxylic acids is 2. The second kappa shape index (κ2) is 7.23. The first-order valence-electron chi connectivity index (χ1n) is 9.05. The van der Waals surface area contributed by atoms with Crippen LogP contribution in [0.15, 0.2) is 33.4 Å². The third kappa shape index (κ3) is 3.45. The smallest absolute Gasteiger partial charge is 0.291 e. The van der Waals surface area contributed by atoms with Crippen molar-refractivity contribution in [3.05, 3.63) is 52.4 Å². The van der Waals surface area contributed by atoms with Crippen LogP contribution in [-0.2, 0) is 5.54 Å². The molecule has 3 aromatic rings. The zero-order valence-electron chi connectivity index (χ0n) is 15.6. The fourth-order valence-electron chi connectivity index (χ4n) is 3.50. The van der Waals surface area contributed by atoms with E-state index >= 15 is 0 Å². The lowest BCUT2D eigenvalue weighted by molar-refractivity contribution is 0.0895. The number of nitrogens with one attached hydrogen (secondary N) is 2. The monoisotopic (exact) mass is 400 g/mol. The molecule has 1 aliphatic rings. The zero-order valence-corrected chi connectivity index (χ0v) is 16.4. The molecule has 0 unspecified atom stereocenters. The van der Waals surface area contributed by atoms with E-state index in [9.17, 15) is 9.59 Å². The van der Waals surface area contributed by atoms with Crippen LogP contribution in [0, 0.1) is 13.8 Å². The average Bonchev–Trinajstić information content (AvgIpc) is 3.41. The quantitative estimate of drug-likeness (QED) is 0.674. The van der Waals surface area contributed by atoms with Crippen molar-refractivity contribution in [2.24, 2.45) is 0 Å². The van der Waals surface area contributed by atoms with E-state index in [-0.39, 0.29) is 17.6 Å². The van der Waals surface area contributed by atoms with Crippen molar-refractivity contribution < 1.29 is 18.5 Å². The number of carbonyl (C=O) groups is 2. The van der Waals surface area contributed by atoms with E-state index in [1.54, 1.807) is 25.1 Å². The molecule has 3 heterocycles. The predicted octanol–water partition coefficient (Wildman–Crippen LogP) is 3.79. The summed E-state index contributed by atoms with van der Waals surface area (Å²) in [5.41, 5.74) is 0.178. The molecule has 1 fully saturated rings. The van der Waals surface area contributed by atoms with Crippen molar-refractivity contribution in [1.82, 2.24) is 15.5 Å². The SMILES string of the molecule is Cc1nc(C2(NC(=O)c3sc(NC(=O)c4ccco4)cc3C)CCCC2)no1. The van der Waals surface area contributed by atoms with Gasteiger partial charge in [-0.15, -0.1) is 11.3 Å². The minimum absolute atomic E-state index is 0.203. The van der Waals surface area contributed by atoms with Crippen molar-refractivity contribution in [2.75, 3.05) is 5.32 Å². The number of nitrogens with zero attached hydrogens (tertiary/aromatic N) is 2. The van der Waals surface area contributed by atoms with Gasteiger partial charge >= 0.3 is 0 Å². The van der Waals surface area contributed by atoms with E-state index in [0.29, 0.717) is 21.6 Å². The van der Waals surface area contributed by atoms with Gasteiger partial charge in [0, 0.05) is 6.92 Å². The number of rotatable bonds is 5. The zero-order chi connectivity index (χ0) is 19.7. The number of amides is 2. The Morgan fingerprint density at radius 3 is 2.64 bits per heavy atom. The minimum atomic E-state index is -0.608. The Morgan fingerprint density at radius 2 is 2.00 bits per heavy atom. The van der Waals surface area contributed by atoms with E-state index in [4.69, 9.17) is 8.94 Å². The lowest BCUT2D eigenvalue weighted by Crippen LogP contribution is -2.44. The van der Waals surface area contributed by atoms with Crippen molar-refractivity contribution in [3.8, 4) is 0 Å². The van der Waals surface area contributed by atoms with Gasteiger partial charge in [-0.3, -0.25) is 9.59 Å². The highest BCUT2D eigenvalue weighted by Crippen LogP contribution is 2.38. The second-order valence-corrected chi connectivity index (χ2v) is 7.99. The Kier molecular flexibility index (Phi) is 4.76. The van der Waals surface area contributed by atoms with Crippen LogP contribution < -0.4 is 10.6 Å². The molecule has 0 spiro atoms.